The summed E-state index contributed by atoms with van der Waals surface area (Å²) < 4.78 is 0. The molecular formula is C34H36N4O4S2. The largest absolute Gasteiger partial charge is 0.481 e. The molecule has 1 fully saturated rings. The molecule has 8 nitrogen and oxygen atoms in total. The van der Waals surface area contributed by atoms with E-state index in [-0.39, 0.29) is 12.8 Å². The van der Waals surface area contributed by atoms with Gasteiger partial charge in [0.2, 0.25) is 0 Å². The minimum atomic E-state index is -0.858. The third-order valence-electron chi connectivity index (χ3n) is 8.78. The van der Waals surface area contributed by atoms with Gasteiger partial charge in [-0.2, -0.15) is 12.6 Å². The van der Waals surface area contributed by atoms with Crippen molar-refractivity contribution >= 4 is 71.6 Å². The van der Waals surface area contributed by atoms with Gasteiger partial charge in [-0.05, 0) is 103 Å². The fourth-order valence-electron chi connectivity index (χ4n) is 6.27. The van der Waals surface area contributed by atoms with Gasteiger partial charge in [0.1, 0.15) is 0 Å². The number of carboxylic acids is 2. The van der Waals surface area contributed by atoms with Crippen molar-refractivity contribution in [3.63, 3.8) is 0 Å². The molecule has 2 aliphatic heterocycles. The first-order valence-electron chi connectivity index (χ1n) is 14.7. The number of thioether (sulfide) groups is 1. The van der Waals surface area contributed by atoms with E-state index in [0.717, 1.165) is 83.0 Å². The molecule has 10 heteroatoms. The lowest BCUT2D eigenvalue weighted by molar-refractivity contribution is -0.138. The fraction of sp³-hybridized carbons (Fsp3) is 0.294. The summed E-state index contributed by atoms with van der Waals surface area (Å²) in [5.74, 6) is -0.115. The van der Waals surface area contributed by atoms with Gasteiger partial charge in [0.15, 0.2) is 0 Å². The van der Waals surface area contributed by atoms with Crippen molar-refractivity contribution in [2.75, 3.05) is 11.5 Å². The summed E-state index contributed by atoms with van der Waals surface area (Å²) in [6.45, 7) is 8.30. The van der Waals surface area contributed by atoms with Gasteiger partial charge in [-0.15, -0.1) is 11.8 Å². The second-order valence-corrected chi connectivity index (χ2v) is 13.0. The lowest BCUT2D eigenvalue weighted by Gasteiger charge is -2.01. The highest BCUT2D eigenvalue weighted by atomic mass is 32.2. The van der Waals surface area contributed by atoms with E-state index in [1.165, 1.54) is 15.7 Å². The molecule has 6 heterocycles. The van der Waals surface area contributed by atoms with E-state index in [9.17, 15) is 19.8 Å². The highest BCUT2D eigenvalue weighted by Gasteiger charge is 2.19. The average Bonchev–Trinajstić information content (AvgIpc) is 3.53. The number of aromatic nitrogens is 4. The van der Waals surface area contributed by atoms with Gasteiger partial charge in [0.25, 0.3) is 0 Å². The van der Waals surface area contributed by atoms with Crippen molar-refractivity contribution in [3.8, 4) is 0 Å². The van der Waals surface area contributed by atoms with Crippen molar-refractivity contribution < 1.29 is 19.8 Å². The SMILES string of the molecule is Cc1c2[nH]c(c1CCC(=O)O)/C=c1\[nH]/c(c(C)c1CCC(=O)O)=C\c1[nH]c(/c(=C3\CS3)c1C)=C\c1[nH]c(/c(=C/CS)c1C)=C\2. The first-order chi connectivity index (χ1) is 21.0. The molecule has 4 aromatic heterocycles. The molecule has 0 saturated carbocycles. The molecule has 1 saturated heterocycles. The Kier molecular flexibility index (Phi) is 8.06. The lowest BCUT2D eigenvalue weighted by atomic mass is 10.0. The Bertz CT molecular complexity index is 2220. The van der Waals surface area contributed by atoms with Crippen LogP contribution in [-0.2, 0) is 22.4 Å². The molecule has 6 N–H and O–H groups in total. The zero-order valence-electron chi connectivity index (χ0n) is 25.2. The van der Waals surface area contributed by atoms with Crippen molar-refractivity contribution in [1.29, 1.82) is 0 Å². The summed E-state index contributed by atoms with van der Waals surface area (Å²) in [6, 6.07) is 0. The second kappa shape index (κ2) is 11.8. The molecule has 0 unspecified atom stereocenters. The van der Waals surface area contributed by atoms with Crippen LogP contribution >= 0.6 is 24.4 Å². The smallest absolute Gasteiger partial charge is 0.303 e. The van der Waals surface area contributed by atoms with Crippen LogP contribution in [0.15, 0.2) is 0 Å². The number of hydrogen-bond donors (Lipinski definition) is 7. The van der Waals surface area contributed by atoms with Crippen molar-refractivity contribution in [1.82, 2.24) is 19.9 Å². The van der Waals surface area contributed by atoms with E-state index in [0.29, 0.717) is 18.6 Å². The van der Waals surface area contributed by atoms with Crippen molar-refractivity contribution in [2.45, 2.75) is 53.4 Å². The lowest BCUT2D eigenvalue weighted by Crippen LogP contribution is -2.24. The van der Waals surface area contributed by atoms with Crippen LogP contribution < -0.4 is 31.8 Å². The Morgan fingerprint density at radius 1 is 0.727 bits per heavy atom. The van der Waals surface area contributed by atoms with E-state index in [1.54, 1.807) is 0 Å². The molecule has 0 radical (unpaired) electrons. The number of aliphatic carboxylic acids is 2. The maximum Gasteiger partial charge on any atom is 0.303 e. The molecule has 0 amide bonds. The van der Waals surface area contributed by atoms with Crippen LogP contribution in [0.1, 0.15) is 69.0 Å². The van der Waals surface area contributed by atoms with E-state index in [1.807, 2.05) is 31.7 Å². The topological polar surface area (TPSA) is 138 Å². The predicted octanol–water partition coefficient (Wildman–Crippen LogP) is 1.46. The summed E-state index contributed by atoms with van der Waals surface area (Å²) in [6.07, 6.45) is 11.2. The minimum absolute atomic E-state index is 0.000856. The van der Waals surface area contributed by atoms with Crippen LogP contribution in [0.5, 0.6) is 0 Å². The standard InChI is InChI=1S/C34H36N4O4S2/c1-16-20(5-7-32(39)40)28-14-29-21(6-8-33(41)42)17(2)24(36-29)12-27-22(9-10-43)18(3)25(37-27)13-30-34(31-15-44-31)19(4)26(38-30)11-23(16)35-28/h9,11-14,35-38,43H,5-8,10,15H2,1-4H3,(H,39,40)(H,41,42)/b22-9+,23-11-,27-12-,28-14-,30-13-,34-31+. The minimum Gasteiger partial charge on any atom is -0.481 e. The highest BCUT2D eigenvalue weighted by Crippen LogP contribution is 2.35. The maximum atomic E-state index is 11.6. The summed E-state index contributed by atoms with van der Waals surface area (Å²) in [7, 11) is 0. The number of rotatable bonds is 7. The zero-order valence-corrected chi connectivity index (χ0v) is 26.9. The van der Waals surface area contributed by atoms with Crippen molar-refractivity contribution in [2.24, 2.45) is 0 Å². The molecule has 0 aromatic carbocycles. The monoisotopic (exact) mass is 628 g/mol. The zero-order chi connectivity index (χ0) is 31.3. The molecule has 228 valence electrons. The maximum absolute atomic E-state index is 11.6. The van der Waals surface area contributed by atoms with E-state index < -0.39 is 11.9 Å². The average molecular weight is 629 g/mol. The quantitative estimate of drug-likeness (QED) is 0.108. The van der Waals surface area contributed by atoms with E-state index in [2.05, 4.69) is 70.7 Å². The van der Waals surface area contributed by atoms with Crippen LogP contribution in [0.4, 0.5) is 0 Å². The van der Waals surface area contributed by atoms with Gasteiger partial charge in [0, 0.05) is 78.6 Å². The van der Waals surface area contributed by atoms with E-state index in [4.69, 9.17) is 0 Å². The number of carbonyl (C=O) groups is 2. The third kappa shape index (κ3) is 5.64. The van der Waals surface area contributed by atoms with Gasteiger partial charge >= 0.3 is 11.9 Å². The summed E-state index contributed by atoms with van der Waals surface area (Å²) in [5.41, 5.74) is 9.83. The number of hydrogen-bond acceptors (Lipinski definition) is 4. The molecule has 0 aliphatic carbocycles. The molecule has 2 aliphatic rings. The molecule has 0 spiro atoms. The van der Waals surface area contributed by atoms with E-state index >= 15 is 0 Å². The Balaban J connectivity index is 1.75. The van der Waals surface area contributed by atoms with Crippen LogP contribution in [-0.4, -0.2) is 53.6 Å². The summed E-state index contributed by atoms with van der Waals surface area (Å²) in [5, 5.41) is 25.1. The Morgan fingerprint density at radius 3 is 1.95 bits per heavy atom. The first-order valence-corrected chi connectivity index (χ1v) is 16.3. The van der Waals surface area contributed by atoms with Gasteiger partial charge in [0.05, 0.1) is 0 Å². The van der Waals surface area contributed by atoms with Crippen LogP contribution in [0.25, 0.3) is 35.3 Å². The Hall–Kier alpha value is -4.02. The number of carboxylic acid groups (broad SMARTS) is 2. The second-order valence-electron chi connectivity index (χ2n) is 11.5. The van der Waals surface area contributed by atoms with Crippen LogP contribution in [0.2, 0.25) is 0 Å². The summed E-state index contributed by atoms with van der Waals surface area (Å²) >= 11 is 6.36. The van der Waals surface area contributed by atoms with Gasteiger partial charge in [-0.3, -0.25) is 9.59 Å². The third-order valence-corrected chi connectivity index (χ3v) is 9.75. The number of aromatic amines is 4. The van der Waals surface area contributed by atoms with Crippen LogP contribution in [0.3, 0.4) is 0 Å². The predicted molar refractivity (Wildman–Crippen MR) is 180 cm³/mol. The van der Waals surface area contributed by atoms with Crippen LogP contribution in [0, 0.1) is 27.7 Å². The molecule has 6 rings (SSSR count). The molecule has 8 bridgehead atoms. The molecule has 44 heavy (non-hydrogen) atoms. The molecule has 0 atom stereocenters. The number of thiol groups is 1. The Labute approximate surface area is 263 Å². The van der Waals surface area contributed by atoms with Gasteiger partial charge < -0.3 is 30.1 Å². The first kappa shape index (κ1) is 30.0. The molecule has 4 aromatic rings. The van der Waals surface area contributed by atoms with Gasteiger partial charge in [-0.25, -0.2) is 0 Å². The van der Waals surface area contributed by atoms with Gasteiger partial charge in [-0.1, -0.05) is 6.08 Å². The highest BCUT2D eigenvalue weighted by molar-refractivity contribution is 8.17. The number of H-pyrrole nitrogens is 4. The number of fused-ring (bicyclic) bond motifs is 8. The Morgan fingerprint density at radius 2 is 1.30 bits per heavy atom. The fourth-order valence-corrected chi connectivity index (χ4v) is 7.08. The molecular weight excluding hydrogens is 593 g/mol. The summed E-state index contributed by atoms with van der Waals surface area (Å²) in [4.78, 5) is 39.1. The van der Waals surface area contributed by atoms with Crippen molar-refractivity contribution in [3.05, 3.63) is 88.0 Å². The normalized spacial score (nSPS) is 18.4. The number of nitrogens with one attached hydrogen (secondary N) is 4.